The van der Waals surface area contributed by atoms with E-state index in [2.05, 4.69) is 0 Å². The predicted octanol–water partition coefficient (Wildman–Crippen LogP) is 2.62. The molecule has 0 saturated heterocycles. The average molecular weight is 263 g/mol. The van der Waals surface area contributed by atoms with Crippen molar-refractivity contribution in [3.8, 4) is 0 Å². The molecule has 0 heterocycles. The minimum absolute atomic E-state index is 0.133. The third-order valence-corrected chi connectivity index (χ3v) is 2.87. The van der Waals surface area contributed by atoms with Gasteiger partial charge in [-0.1, -0.05) is 18.2 Å². The summed E-state index contributed by atoms with van der Waals surface area (Å²) in [5.74, 6) is -0.184. The van der Waals surface area contributed by atoms with E-state index in [0.29, 0.717) is 5.56 Å². The molecule has 0 fully saturated rings. The van der Waals surface area contributed by atoms with E-state index in [1.165, 1.54) is 11.0 Å². The lowest BCUT2D eigenvalue weighted by atomic mass is 10.2. The quantitative estimate of drug-likeness (QED) is 0.501. The summed E-state index contributed by atoms with van der Waals surface area (Å²) in [6, 6.07) is 6.20. The number of thioether (sulfide) groups is 1. The lowest BCUT2D eigenvalue weighted by Gasteiger charge is -2.18. The maximum Gasteiger partial charge on any atom is 0.446 e. The summed E-state index contributed by atoms with van der Waals surface area (Å²) >= 11 is -0.157. The number of nitrogens with zero attached hydrogens (tertiary/aromatic N) is 1. The molecule has 0 saturated carbocycles. The number of nitrogens with one attached hydrogen (secondary N) is 1. The van der Waals surface area contributed by atoms with Crippen molar-refractivity contribution >= 4 is 17.7 Å². The summed E-state index contributed by atoms with van der Waals surface area (Å²) in [7, 11) is 1.55. The summed E-state index contributed by atoms with van der Waals surface area (Å²) < 4.78 is 36.9. The van der Waals surface area contributed by atoms with Gasteiger partial charge in [0.15, 0.2) is 5.96 Å². The van der Waals surface area contributed by atoms with Crippen LogP contribution in [0.25, 0.3) is 0 Å². The van der Waals surface area contributed by atoms with Crippen LogP contribution < -0.4 is 5.73 Å². The van der Waals surface area contributed by atoms with Crippen LogP contribution in [0.2, 0.25) is 0 Å². The molecule has 3 nitrogen and oxygen atoms in total. The molecule has 0 aliphatic carbocycles. The fraction of sp³-hybridized carbons (Fsp3) is 0.300. The molecule has 7 heteroatoms. The summed E-state index contributed by atoms with van der Waals surface area (Å²) in [5, 5.41) is 7.17. The van der Waals surface area contributed by atoms with Crippen molar-refractivity contribution < 1.29 is 13.2 Å². The Morgan fingerprint density at radius 2 is 2.00 bits per heavy atom. The van der Waals surface area contributed by atoms with Crippen molar-refractivity contribution in [2.75, 3.05) is 7.05 Å². The standard InChI is InChI=1S/C10H12F3N3S/c1-16(9(14)15)6-7-4-2-3-5-8(7)17-10(11,12)13/h2-5H,6H2,1H3,(H3,14,15). The first-order valence-corrected chi connectivity index (χ1v) is 5.50. The van der Waals surface area contributed by atoms with Crippen molar-refractivity contribution in [2.45, 2.75) is 16.9 Å². The molecule has 17 heavy (non-hydrogen) atoms. The molecule has 0 aliphatic rings. The molecule has 1 rings (SSSR count). The Kier molecular flexibility index (Phi) is 4.28. The fourth-order valence-corrected chi connectivity index (χ4v) is 1.86. The molecule has 0 amide bonds. The Bertz CT molecular complexity index is 406. The van der Waals surface area contributed by atoms with Gasteiger partial charge in [-0.05, 0) is 23.4 Å². The molecule has 0 spiro atoms. The number of guanidine groups is 1. The van der Waals surface area contributed by atoms with Gasteiger partial charge in [0, 0.05) is 18.5 Å². The van der Waals surface area contributed by atoms with Crippen LogP contribution in [0.15, 0.2) is 29.2 Å². The number of nitrogens with two attached hydrogens (primary N) is 1. The first-order chi connectivity index (χ1) is 7.79. The van der Waals surface area contributed by atoms with Crippen LogP contribution in [-0.4, -0.2) is 23.4 Å². The highest BCUT2D eigenvalue weighted by atomic mass is 32.2. The Morgan fingerprint density at radius 3 is 2.53 bits per heavy atom. The van der Waals surface area contributed by atoms with Crippen molar-refractivity contribution in [3.63, 3.8) is 0 Å². The van der Waals surface area contributed by atoms with Crippen LogP contribution in [0.5, 0.6) is 0 Å². The number of benzene rings is 1. The lowest BCUT2D eigenvalue weighted by Crippen LogP contribution is -2.32. The van der Waals surface area contributed by atoms with E-state index in [1.807, 2.05) is 0 Å². The molecule has 0 bridgehead atoms. The summed E-state index contributed by atoms with van der Waals surface area (Å²) in [4.78, 5) is 1.50. The maximum atomic E-state index is 12.3. The van der Waals surface area contributed by atoms with E-state index in [4.69, 9.17) is 11.1 Å². The van der Waals surface area contributed by atoms with Crippen LogP contribution in [0.3, 0.4) is 0 Å². The number of alkyl halides is 3. The summed E-state index contributed by atoms with van der Waals surface area (Å²) in [6.45, 7) is 0.175. The molecule has 0 aliphatic heterocycles. The van der Waals surface area contributed by atoms with Crippen LogP contribution in [0, 0.1) is 5.41 Å². The predicted molar refractivity (Wildman–Crippen MR) is 61.7 cm³/mol. The monoisotopic (exact) mass is 263 g/mol. The van der Waals surface area contributed by atoms with Gasteiger partial charge in [0.25, 0.3) is 0 Å². The molecule has 1 aromatic carbocycles. The molecule has 0 aromatic heterocycles. The Hall–Kier alpha value is -1.37. The second-order valence-corrected chi connectivity index (χ2v) is 4.50. The first kappa shape index (κ1) is 13.7. The van der Waals surface area contributed by atoms with Gasteiger partial charge in [0.2, 0.25) is 0 Å². The minimum Gasteiger partial charge on any atom is -0.370 e. The average Bonchev–Trinajstić information content (AvgIpc) is 2.18. The molecular formula is C10H12F3N3S. The highest BCUT2D eigenvalue weighted by Crippen LogP contribution is 2.38. The molecule has 0 atom stereocenters. The normalized spacial score (nSPS) is 11.3. The summed E-state index contributed by atoms with van der Waals surface area (Å²) in [5.41, 5.74) is 1.42. The fourth-order valence-electron chi connectivity index (χ4n) is 1.20. The van der Waals surface area contributed by atoms with Gasteiger partial charge >= 0.3 is 5.51 Å². The van der Waals surface area contributed by atoms with E-state index < -0.39 is 5.51 Å². The van der Waals surface area contributed by atoms with Crippen LogP contribution >= 0.6 is 11.8 Å². The molecule has 94 valence electrons. The lowest BCUT2D eigenvalue weighted by molar-refractivity contribution is -0.0328. The highest BCUT2D eigenvalue weighted by Gasteiger charge is 2.30. The largest absolute Gasteiger partial charge is 0.446 e. The number of halogens is 3. The second-order valence-electron chi connectivity index (χ2n) is 3.40. The number of rotatable bonds is 3. The van der Waals surface area contributed by atoms with Crippen molar-refractivity contribution in [3.05, 3.63) is 29.8 Å². The van der Waals surface area contributed by atoms with Gasteiger partial charge in [-0.2, -0.15) is 13.2 Å². The summed E-state index contributed by atoms with van der Waals surface area (Å²) in [6.07, 6.45) is 0. The first-order valence-electron chi connectivity index (χ1n) is 4.68. The zero-order valence-corrected chi connectivity index (χ0v) is 9.90. The van der Waals surface area contributed by atoms with Crippen LogP contribution in [0.4, 0.5) is 13.2 Å². The topological polar surface area (TPSA) is 53.1 Å². The molecule has 3 N–H and O–H groups in total. The van der Waals surface area contributed by atoms with Crippen molar-refractivity contribution in [2.24, 2.45) is 5.73 Å². The van der Waals surface area contributed by atoms with E-state index in [-0.39, 0.29) is 29.2 Å². The molecular weight excluding hydrogens is 251 g/mol. The maximum absolute atomic E-state index is 12.3. The second kappa shape index (κ2) is 5.31. The van der Waals surface area contributed by atoms with Gasteiger partial charge < -0.3 is 10.6 Å². The van der Waals surface area contributed by atoms with E-state index in [9.17, 15) is 13.2 Å². The van der Waals surface area contributed by atoms with Crippen LogP contribution in [0.1, 0.15) is 5.56 Å². The smallest absolute Gasteiger partial charge is 0.370 e. The van der Waals surface area contributed by atoms with Gasteiger partial charge in [0.1, 0.15) is 0 Å². The van der Waals surface area contributed by atoms with Crippen LogP contribution in [-0.2, 0) is 6.54 Å². The van der Waals surface area contributed by atoms with Gasteiger partial charge in [-0.3, -0.25) is 5.41 Å². The third kappa shape index (κ3) is 4.56. The zero-order chi connectivity index (χ0) is 13.1. The highest BCUT2D eigenvalue weighted by molar-refractivity contribution is 8.00. The zero-order valence-electron chi connectivity index (χ0n) is 9.08. The van der Waals surface area contributed by atoms with Gasteiger partial charge in [-0.15, -0.1) is 0 Å². The van der Waals surface area contributed by atoms with Gasteiger partial charge in [-0.25, -0.2) is 0 Å². The van der Waals surface area contributed by atoms with E-state index in [0.717, 1.165) is 0 Å². The van der Waals surface area contributed by atoms with Gasteiger partial charge in [0.05, 0.1) is 0 Å². The molecule has 0 radical (unpaired) electrons. The van der Waals surface area contributed by atoms with E-state index in [1.54, 1.807) is 25.2 Å². The van der Waals surface area contributed by atoms with Crippen molar-refractivity contribution in [1.82, 2.24) is 4.90 Å². The Labute approximate surface area is 101 Å². The SMILES string of the molecule is CN(Cc1ccccc1SC(F)(F)F)C(=N)N. The Balaban J connectivity index is 2.88. The molecule has 1 aromatic rings. The third-order valence-electron chi connectivity index (χ3n) is 2.02. The minimum atomic E-state index is -4.31. The molecule has 0 unspecified atom stereocenters. The number of hydrogen-bond acceptors (Lipinski definition) is 2. The Morgan fingerprint density at radius 1 is 1.41 bits per heavy atom. The van der Waals surface area contributed by atoms with E-state index >= 15 is 0 Å². The number of hydrogen-bond donors (Lipinski definition) is 2. The van der Waals surface area contributed by atoms with Crippen molar-refractivity contribution in [1.29, 1.82) is 5.41 Å².